The Bertz CT molecular complexity index is 580. The highest BCUT2D eigenvalue weighted by Crippen LogP contribution is 2.31. The van der Waals surface area contributed by atoms with Crippen LogP contribution in [0.2, 0.25) is 0 Å². The Morgan fingerprint density at radius 1 is 1.33 bits per heavy atom. The molecule has 2 fully saturated rings. The van der Waals surface area contributed by atoms with Crippen molar-refractivity contribution in [3.05, 3.63) is 11.9 Å². The van der Waals surface area contributed by atoms with Gasteiger partial charge in [-0.25, -0.2) is 13.1 Å². The van der Waals surface area contributed by atoms with E-state index in [2.05, 4.69) is 15.6 Å². The second-order valence-corrected chi connectivity index (χ2v) is 8.86. The van der Waals surface area contributed by atoms with Gasteiger partial charge < -0.3 is 5.32 Å². The van der Waals surface area contributed by atoms with Gasteiger partial charge >= 0.3 is 0 Å². The Labute approximate surface area is 126 Å². The van der Waals surface area contributed by atoms with Gasteiger partial charge in [-0.1, -0.05) is 11.6 Å². The van der Waals surface area contributed by atoms with E-state index in [1.165, 1.54) is 19.1 Å². The summed E-state index contributed by atoms with van der Waals surface area (Å²) in [6.45, 7) is 1.81. The highest BCUT2D eigenvalue weighted by atomic mass is 32.2. The van der Waals surface area contributed by atoms with E-state index in [0.29, 0.717) is 6.42 Å². The van der Waals surface area contributed by atoms with Crippen LogP contribution in [0.3, 0.4) is 0 Å². The third kappa shape index (κ3) is 4.03. The molecule has 2 unspecified atom stereocenters. The van der Waals surface area contributed by atoms with E-state index in [9.17, 15) is 8.42 Å². The molecule has 0 bridgehead atoms. The first-order chi connectivity index (χ1) is 10.0. The minimum Gasteiger partial charge on any atom is -0.311 e. The number of hydrogen-bond acceptors (Lipinski definition) is 5. The van der Waals surface area contributed by atoms with Crippen molar-refractivity contribution in [3.63, 3.8) is 0 Å². The van der Waals surface area contributed by atoms with Gasteiger partial charge in [0.05, 0.1) is 23.2 Å². The van der Waals surface area contributed by atoms with Crippen LogP contribution in [-0.4, -0.2) is 41.5 Å². The molecule has 0 saturated heterocycles. The van der Waals surface area contributed by atoms with Crippen LogP contribution in [0.25, 0.3) is 0 Å². The van der Waals surface area contributed by atoms with Crippen molar-refractivity contribution >= 4 is 9.84 Å². The Kier molecular flexibility index (Phi) is 4.31. The van der Waals surface area contributed by atoms with Gasteiger partial charge in [0.25, 0.3) is 0 Å². The summed E-state index contributed by atoms with van der Waals surface area (Å²) in [5, 5.41) is 11.6. The number of hydrogen-bond donors (Lipinski definition) is 1. The maximum absolute atomic E-state index is 11.7. The Morgan fingerprint density at radius 3 is 2.86 bits per heavy atom. The SMILES string of the molecule is CS(=O)(=O)C1CCCC(n2cc(CNCC3CC3)nn2)C1. The van der Waals surface area contributed by atoms with E-state index >= 15 is 0 Å². The first-order valence-corrected chi connectivity index (χ1v) is 9.78. The molecule has 1 aromatic rings. The van der Waals surface area contributed by atoms with Crippen molar-refractivity contribution in [2.75, 3.05) is 12.8 Å². The van der Waals surface area contributed by atoms with Crippen molar-refractivity contribution in [3.8, 4) is 0 Å². The van der Waals surface area contributed by atoms with Crippen molar-refractivity contribution in [2.45, 2.75) is 56.4 Å². The van der Waals surface area contributed by atoms with Crippen LogP contribution in [0, 0.1) is 5.92 Å². The van der Waals surface area contributed by atoms with Crippen molar-refractivity contribution < 1.29 is 8.42 Å². The fourth-order valence-corrected chi connectivity index (χ4v) is 4.22. The molecular formula is C14H24N4O2S. The fraction of sp³-hybridized carbons (Fsp3) is 0.857. The van der Waals surface area contributed by atoms with Crippen LogP contribution in [0.4, 0.5) is 0 Å². The monoisotopic (exact) mass is 312 g/mol. The smallest absolute Gasteiger partial charge is 0.150 e. The summed E-state index contributed by atoms with van der Waals surface area (Å²) in [6.07, 6.45) is 9.37. The summed E-state index contributed by atoms with van der Waals surface area (Å²) in [5.74, 6) is 0.855. The molecule has 2 saturated carbocycles. The molecule has 1 heterocycles. The molecule has 0 spiro atoms. The molecule has 21 heavy (non-hydrogen) atoms. The minimum absolute atomic E-state index is 0.170. The first-order valence-electron chi connectivity index (χ1n) is 7.82. The number of nitrogens with zero attached hydrogens (tertiary/aromatic N) is 3. The summed E-state index contributed by atoms with van der Waals surface area (Å²) in [5.41, 5.74) is 0.942. The van der Waals surface area contributed by atoms with Gasteiger partial charge in [-0.2, -0.15) is 0 Å². The lowest BCUT2D eigenvalue weighted by Gasteiger charge is -2.27. The summed E-state index contributed by atoms with van der Waals surface area (Å²) in [4.78, 5) is 0. The van der Waals surface area contributed by atoms with E-state index in [0.717, 1.165) is 44.0 Å². The molecule has 3 rings (SSSR count). The van der Waals surface area contributed by atoms with Gasteiger partial charge in [0.15, 0.2) is 0 Å². The number of nitrogens with one attached hydrogen (secondary N) is 1. The Balaban J connectivity index is 1.56. The number of rotatable bonds is 6. The molecule has 0 aliphatic heterocycles. The van der Waals surface area contributed by atoms with E-state index < -0.39 is 9.84 Å². The largest absolute Gasteiger partial charge is 0.311 e. The summed E-state index contributed by atoms with van der Waals surface area (Å²) in [6, 6.07) is 0.170. The van der Waals surface area contributed by atoms with Crippen LogP contribution in [-0.2, 0) is 16.4 Å². The van der Waals surface area contributed by atoms with E-state index in [4.69, 9.17) is 0 Å². The van der Waals surface area contributed by atoms with Crippen LogP contribution in [0.5, 0.6) is 0 Å². The molecule has 118 valence electrons. The predicted molar refractivity (Wildman–Crippen MR) is 80.6 cm³/mol. The van der Waals surface area contributed by atoms with Crippen LogP contribution in [0.15, 0.2) is 6.20 Å². The molecule has 1 N–H and O–H groups in total. The van der Waals surface area contributed by atoms with Gasteiger partial charge in [0.1, 0.15) is 9.84 Å². The molecule has 7 heteroatoms. The first kappa shape index (κ1) is 15.0. The van der Waals surface area contributed by atoms with Crippen molar-refractivity contribution in [2.24, 2.45) is 5.92 Å². The lowest BCUT2D eigenvalue weighted by Crippen LogP contribution is -2.29. The zero-order valence-corrected chi connectivity index (χ0v) is 13.3. The molecule has 2 atom stereocenters. The van der Waals surface area contributed by atoms with Crippen LogP contribution in [0.1, 0.15) is 50.3 Å². The van der Waals surface area contributed by atoms with Crippen LogP contribution >= 0.6 is 0 Å². The van der Waals surface area contributed by atoms with E-state index in [-0.39, 0.29) is 11.3 Å². The highest BCUT2D eigenvalue weighted by molar-refractivity contribution is 7.91. The molecule has 0 radical (unpaired) electrons. The second kappa shape index (κ2) is 6.04. The minimum atomic E-state index is -2.95. The number of aromatic nitrogens is 3. The van der Waals surface area contributed by atoms with Gasteiger partial charge in [-0.15, -0.1) is 5.10 Å². The average molecular weight is 312 g/mol. The molecule has 2 aliphatic carbocycles. The predicted octanol–water partition coefficient (Wildman–Crippen LogP) is 1.31. The quantitative estimate of drug-likeness (QED) is 0.857. The summed E-state index contributed by atoms with van der Waals surface area (Å²) in [7, 11) is -2.95. The lowest BCUT2D eigenvalue weighted by atomic mass is 9.95. The van der Waals surface area contributed by atoms with E-state index in [1.54, 1.807) is 0 Å². The normalized spacial score (nSPS) is 26.9. The molecular weight excluding hydrogens is 288 g/mol. The fourth-order valence-electron chi connectivity index (χ4n) is 3.05. The second-order valence-electron chi connectivity index (χ2n) is 6.54. The molecule has 0 aromatic carbocycles. The van der Waals surface area contributed by atoms with Crippen molar-refractivity contribution in [1.29, 1.82) is 0 Å². The lowest BCUT2D eigenvalue weighted by molar-refractivity contribution is 0.324. The standard InChI is InChI=1S/C14H24N4O2S/c1-21(19,20)14-4-2-3-13(7-14)18-10-12(16-17-18)9-15-8-11-5-6-11/h10-11,13-15H,2-9H2,1H3. The molecule has 1 aromatic heterocycles. The number of sulfone groups is 1. The zero-order valence-electron chi connectivity index (χ0n) is 12.5. The third-order valence-corrected chi connectivity index (χ3v) is 6.21. The topological polar surface area (TPSA) is 76.9 Å². The Hall–Kier alpha value is -0.950. The highest BCUT2D eigenvalue weighted by Gasteiger charge is 2.30. The van der Waals surface area contributed by atoms with Crippen LogP contribution < -0.4 is 5.32 Å². The van der Waals surface area contributed by atoms with E-state index in [1.807, 2.05) is 10.9 Å². The maximum Gasteiger partial charge on any atom is 0.150 e. The molecule has 2 aliphatic rings. The van der Waals surface area contributed by atoms with Gasteiger partial charge in [-0.3, -0.25) is 0 Å². The third-order valence-electron chi connectivity index (χ3n) is 4.57. The van der Waals surface area contributed by atoms with Gasteiger partial charge in [0.2, 0.25) is 0 Å². The van der Waals surface area contributed by atoms with Gasteiger partial charge in [-0.05, 0) is 44.6 Å². The summed E-state index contributed by atoms with van der Waals surface area (Å²) >= 11 is 0. The van der Waals surface area contributed by atoms with Crippen molar-refractivity contribution in [1.82, 2.24) is 20.3 Å². The molecule has 0 amide bonds. The zero-order chi connectivity index (χ0) is 14.9. The molecule has 6 nitrogen and oxygen atoms in total. The maximum atomic E-state index is 11.7. The van der Waals surface area contributed by atoms with Gasteiger partial charge in [0, 0.05) is 12.8 Å². The Morgan fingerprint density at radius 2 is 2.14 bits per heavy atom. The average Bonchev–Trinajstić information content (AvgIpc) is 3.14. The summed E-state index contributed by atoms with van der Waals surface area (Å²) < 4.78 is 25.3.